The number of hydrogen-bond acceptors (Lipinski definition) is 5. The summed E-state index contributed by atoms with van der Waals surface area (Å²) in [5, 5.41) is 2.69. The highest BCUT2D eigenvalue weighted by Crippen LogP contribution is 2.25. The summed E-state index contributed by atoms with van der Waals surface area (Å²) in [4.78, 5) is 30.4. The van der Waals surface area contributed by atoms with Gasteiger partial charge in [-0.15, -0.1) is 0 Å². The minimum absolute atomic E-state index is 0.0342. The normalized spacial score (nSPS) is 18.2. The summed E-state index contributed by atoms with van der Waals surface area (Å²) in [5.74, 6) is 0.184. The lowest BCUT2D eigenvalue weighted by molar-refractivity contribution is -0.124. The van der Waals surface area contributed by atoms with Gasteiger partial charge in [0, 0.05) is 26.3 Å². The number of rotatable bonds is 4. The van der Waals surface area contributed by atoms with E-state index in [0.29, 0.717) is 17.9 Å². The molecule has 22 heavy (non-hydrogen) atoms. The fraction of sp³-hybridized carbons (Fsp3) is 0.562. The number of nitrogens with one attached hydrogen (secondary N) is 1. The van der Waals surface area contributed by atoms with Crippen LogP contribution >= 0.6 is 0 Å². The number of nitrogens with zero attached hydrogens (tertiary/aromatic N) is 2. The SMILES string of the molecule is CNC(=O)C1CCCN(c2ncccc2C(=O)OC(C)C)C1. The van der Waals surface area contributed by atoms with Crippen LogP contribution in [0.25, 0.3) is 0 Å². The Morgan fingerprint density at radius 2 is 2.23 bits per heavy atom. The number of carbonyl (C=O) groups excluding carboxylic acids is 2. The standard InChI is InChI=1S/C16H23N3O3/c1-11(2)22-16(21)13-7-4-8-18-14(13)19-9-5-6-12(10-19)15(20)17-3/h4,7-8,11-12H,5-6,9-10H2,1-3H3,(H,17,20). The fourth-order valence-corrected chi connectivity index (χ4v) is 2.67. The zero-order valence-corrected chi connectivity index (χ0v) is 13.3. The van der Waals surface area contributed by atoms with Crippen LogP contribution in [0.3, 0.4) is 0 Å². The van der Waals surface area contributed by atoms with Gasteiger partial charge in [-0.25, -0.2) is 9.78 Å². The number of anilines is 1. The molecule has 0 radical (unpaired) electrons. The Balaban J connectivity index is 2.21. The quantitative estimate of drug-likeness (QED) is 0.856. The highest BCUT2D eigenvalue weighted by molar-refractivity contribution is 5.95. The van der Waals surface area contributed by atoms with E-state index < -0.39 is 0 Å². The molecule has 1 N–H and O–H groups in total. The van der Waals surface area contributed by atoms with E-state index in [1.54, 1.807) is 25.4 Å². The van der Waals surface area contributed by atoms with Crippen LogP contribution in [-0.2, 0) is 9.53 Å². The van der Waals surface area contributed by atoms with Crippen LogP contribution in [-0.4, -0.2) is 43.1 Å². The Morgan fingerprint density at radius 1 is 1.45 bits per heavy atom. The van der Waals surface area contributed by atoms with E-state index in [0.717, 1.165) is 19.4 Å². The molecule has 0 bridgehead atoms. The number of ether oxygens (including phenoxy) is 1. The average molecular weight is 305 g/mol. The second kappa shape index (κ2) is 7.24. The van der Waals surface area contributed by atoms with Crippen LogP contribution in [0.2, 0.25) is 0 Å². The number of piperidine rings is 1. The van der Waals surface area contributed by atoms with Gasteiger partial charge >= 0.3 is 5.97 Å². The minimum atomic E-state index is -0.375. The van der Waals surface area contributed by atoms with Crippen molar-refractivity contribution in [2.75, 3.05) is 25.0 Å². The first-order chi connectivity index (χ1) is 10.5. The van der Waals surface area contributed by atoms with E-state index in [4.69, 9.17) is 4.74 Å². The van der Waals surface area contributed by atoms with Crippen LogP contribution in [0.15, 0.2) is 18.3 Å². The molecule has 1 unspecified atom stereocenters. The van der Waals surface area contributed by atoms with Crippen molar-refractivity contribution in [1.82, 2.24) is 10.3 Å². The molecule has 1 atom stereocenters. The van der Waals surface area contributed by atoms with Gasteiger partial charge in [0.2, 0.25) is 5.91 Å². The van der Waals surface area contributed by atoms with Gasteiger partial charge in [-0.3, -0.25) is 4.79 Å². The molecular weight excluding hydrogens is 282 g/mol. The molecule has 1 aliphatic heterocycles. The van der Waals surface area contributed by atoms with E-state index in [1.165, 1.54) is 0 Å². The molecule has 1 fully saturated rings. The maximum absolute atomic E-state index is 12.2. The zero-order valence-electron chi connectivity index (χ0n) is 13.3. The van der Waals surface area contributed by atoms with E-state index in [-0.39, 0.29) is 23.9 Å². The lowest BCUT2D eigenvalue weighted by Gasteiger charge is -2.33. The van der Waals surface area contributed by atoms with Gasteiger partial charge in [0.05, 0.1) is 12.0 Å². The van der Waals surface area contributed by atoms with Gasteiger partial charge < -0.3 is 15.0 Å². The number of hydrogen-bond donors (Lipinski definition) is 1. The summed E-state index contributed by atoms with van der Waals surface area (Å²) in [6.45, 7) is 4.98. The monoisotopic (exact) mass is 305 g/mol. The van der Waals surface area contributed by atoms with E-state index in [9.17, 15) is 9.59 Å². The highest BCUT2D eigenvalue weighted by Gasteiger charge is 2.28. The molecule has 120 valence electrons. The van der Waals surface area contributed by atoms with Crippen molar-refractivity contribution >= 4 is 17.7 Å². The van der Waals surface area contributed by atoms with Crippen molar-refractivity contribution in [3.63, 3.8) is 0 Å². The molecule has 1 saturated heterocycles. The lowest BCUT2D eigenvalue weighted by Crippen LogP contribution is -2.43. The number of carbonyl (C=O) groups is 2. The molecule has 0 spiro atoms. The second-order valence-electron chi connectivity index (χ2n) is 5.73. The molecule has 1 aliphatic rings. The summed E-state index contributed by atoms with van der Waals surface area (Å²) in [7, 11) is 1.65. The van der Waals surface area contributed by atoms with Crippen molar-refractivity contribution in [2.45, 2.75) is 32.8 Å². The van der Waals surface area contributed by atoms with Crippen molar-refractivity contribution in [1.29, 1.82) is 0 Å². The Labute approximate surface area is 130 Å². The van der Waals surface area contributed by atoms with Crippen LogP contribution in [0.1, 0.15) is 37.0 Å². The Kier molecular flexibility index (Phi) is 5.35. The van der Waals surface area contributed by atoms with Crippen LogP contribution < -0.4 is 10.2 Å². The predicted octanol–water partition coefficient (Wildman–Crippen LogP) is 1.61. The lowest BCUT2D eigenvalue weighted by atomic mass is 9.97. The van der Waals surface area contributed by atoms with Crippen LogP contribution in [0.5, 0.6) is 0 Å². The van der Waals surface area contributed by atoms with Crippen molar-refractivity contribution in [3.05, 3.63) is 23.9 Å². The maximum atomic E-state index is 12.2. The second-order valence-corrected chi connectivity index (χ2v) is 5.73. The van der Waals surface area contributed by atoms with E-state index in [1.807, 2.05) is 18.7 Å². The summed E-state index contributed by atoms with van der Waals surface area (Å²) in [6.07, 6.45) is 3.23. The van der Waals surface area contributed by atoms with E-state index >= 15 is 0 Å². The van der Waals surface area contributed by atoms with Gasteiger partial charge in [-0.1, -0.05) is 0 Å². The molecule has 1 aromatic rings. The third-order valence-electron chi connectivity index (χ3n) is 3.69. The van der Waals surface area contributed by atoms with Gasteiger partial charge in [-0.2, -0.15) is 0 Å². The number of aromatic nitrogens is 1. The summed E-state index contributed by atoms with van der Waals surface area (Å²) < 4.78 is 5.28. The first-order valence-corrected chi connectivity index (χ1v) is 7.65. The molecule has 0 aliphatic carbocycles. The summed E-state index contributed by atoms with van der Waals surface area (Å²) in [5.41, 5.74) is 0.453. The molecule has 2 heterocycles. The topological polar surface area (TPSA) is 71.5 Å². The third kappa shape index (κ3) is 3.75. The molecule has 2 rings (SSSR count). The van der Waals surface area contributed by atoms with Gasteiger partial charge in [0.25, 0.3) is 0 Å². The Morgan fingerprint density at radius 3 is 2.91 bits per heavy atom. The Hall–Kier alpha value is -2.11. The largest absolute Gasteiger partial charge is 0.459 e. The molecule has 1 aromatic heterocycles. The van der Waals surface area contributed by atoms with Crippen LogP contribution in [0.4, 0.5) is 5.82 Å². The van der Waals surface area contributed by atoms with Crippen molar-refractivity contribution < 1.29 is 14.3 Å². The number of amides is 1. The molecule has 0 saturated carbocycles. The summed E-state index contributed by atoms with van der Waals surface area (Å²) >= 11 is 0. The van der Waals surface area contributed by atoms with Crippen LogP contribution in [0, 0.1) is 5.92 Å². The average Bonchev–Trinajstić information content (AvgIpc) is 2.53. The van der Waals surface area contributed by atoms with Gasteiger partial charge in [0.1, 0.15) is 11.4 Å². The maximum Gasteiger partial charge on any atom is 0.342 e. The van der Waals surface area contributed by atoms with Crippen molar-refractivity contribution in [3.8, 4) is 0 Å². The highest BCUT2D eigenvalue weighted by atomic mass is 16.5. The first kappa shape index (κ1) is 16.3. The van der Waals surface area contributed by atoms with Gasteiger partial charge in [0.15, 0.2) is 0 Å². The molecule has 6 nitrogen and oxygen atoms in total. The summed E-state index contributed by atoms with van der Waals surface area (Å²) in [6, 6.07) is 3.44. The number of esters is 1. The first-order valence-electron chi connectivity index (χ1n) is 7.65. The smallest absolute Gasteiger partial charge is 0.342 e. The molecule has 1 amide bonds. The number of pyridine rings is 1. The molecule has 6 heteroatoms. The van der Waals surface area contributed by atoms with Crippen molar-refractivity contribution in [2.24, 2.45) is 5.92 Å². The van der Waals surface area contributed by atoms with E-state index in [2.05, 4.69) is 10.3 Å². The Bertz CT molecular complexity index is 545. The minimum Gasteiger partial charge on any atom is -0.459 e. The predicted molar refractivity (Wildman–Crippen MR) is 83.8 cm³/mol. The molecular formula is C16H23N3O3. The zero-order chi connectivity index (χ0) is 16.1. The van der Waals surface area contributed by atoms with Gasteiger partial charge in [-0.05, 0) is 38.8 Å². The third-order valence-corrected chi connectivity index (χ3v) is 3.69. The fourth-order valence-electron chi connectivity index (χ4n) is 2.67. The molecule has 0 aromatic carbocycles.